The lowest BCUT2D eigenvalue weighted by Crippen LogP contribution is -2.29. The molecule has 1 aliphatic heterocycles. The van der Waals surface area contributed by atoms with Gasteiger partial charge in [0, 0.05) is 25.8 Å². The van der Waals surface area contributed by atoms with Gasteiger partial charge in [-0.15, -0.1) is 0 Å². The molecule has 0 aromatic carbocycles. The third-order valence-corrected chi connectivity index (χ3v) is 5.96. The average molecular weight is 314 g/mol. The first-order chi connectivity index (χ1) is 9.95. The van der Waals surface area contributed by atoms with Gasteiger partial charge < -0.3 is 5.32 Å². The molecule has 2 heterocycles. The van der Waals surface area contributed by atoms with E-state index in [4.69, 9.17) is 0 Å². The smallest absolute Gasteiger partial charge is 0.246 e. The number of aromatic nitrogens is 2. The van der Waals surface area contributed by atoms with Crippen molar-refractivity contribution < 1.29 is 8.42 Å². The van der Waals surface area contributed by atoms with Crippen molar-refractivity contribution >= 4 is 10.0 Å². The van der Waals surface area contributed by atoms with E-state index in [2.05, 4.69) is 24.3 Å². The van der Waals surface area contributed by atoms with Crippen LogP contribution in [0.25, 0.3) is 0 Å². The van der Waals surface area contributed by atoms with Crippen LogP contribution in [0, 0.1) is 11.8 Å². The second kappa shape index (κ2) is 6.89. The Morgan fingerprint density at radius 3 is 2.86 bits per heavy atom. The van der Waals surface area contributed by atoms with Gasteiger partial charge >= 0.3 is 0 Å². The second-order valence-electron chi connectivity index (χ2n) is 5.95. The molecule has 0 bridgehead atoms. The monoisotopic (exact) mass is 314 g/mol. The highest BCUT2D eigenvalue weighted by atomic mass is 32.2. The van der Waals surface area contributed by atoms with E-state index < -0.39 is 10.0 Å². The molecule has 0 spiro atoms. The fourth-order valence-electron chi connectivity index (χ4n) is 2.64. The molecule has 1 aromatic rings. The minimum atomic E-state index is -3.39. The summed E-state index contributed by atoms with van der Waals surface area (Å²) in [5.41, 5.74) is 0. The largest absolute Gasteiger partial charge is 0.315 e. The zero-order valence-electron chi connectivity index (χ0n) is 13.1. The molecule has 1 fully saturated rings. The Bertz CT molecular complexity index is 553. The number of hydrogen-bond donors (Lipinski definition) is 1. The van der Waals surface area contributed by atoms with Crippen LogP contribution in [0.2, 0.25) is 0 Å². The number of likely N-dealkylation sites (N-methyl/N-ethyl adjacent to an activating group) is 1. The van der Waals surface area contributed by atoms with Crippen LogP contribution < -0.4 is 5.32 Å². The van der Waals surface area contributed by atoms with Gasteiger partial charge in [0.05, 0.1) is 12.7 Å². The van der Waals surface area contributed by atoms with E-state index in [0.717, 1.165) is 19.5 Å². The Morgan fingerprint density at radius 1 is 1.48 bits per heavy atom. The fourth-order valence-corrected chi connectivity index (χ4v) is 4.10. The molecular weight excluding hydrogens is 288 g/mol. The topological polar surface area (TPSA) is 67.2 Å². The van der Waals surface area contributed by atoms with Gasteiger partial charge in [0.15, 0.2) is 0 Å². The van der Waals surface area contributed by atoms with Crippen LogP contribution in [-0.4, -0.2) is 48.7 Å². The first kappa shape index (κ1) is 16.5. The maximum Gasteiger partial charge on any atom is 0.246 e. The lowest BCUT2D eigenvalue weighted by atomic mass is 9.96. The van der Waals surface area contributed by atoms with E-state index in [1.807, 2.05) is 6.92 Å². The summed E-state index contributed by atoms with van der Waals surface area (Å²) < 4.78 is 28.5. The van der Waals surface area contributed by atoms with E-state index >= 15 is 0 Å². The zero-order valence-corrected chi connectivity index (χ0v) is 13.9. The van der Waals surface area contributed by atoms with E-state index in [1.54, 1.807) is 15.2 Å². The van der Waals surface area contributed by atoms with Crippen molar-refractivity contribution in [2.45, 2.75) is 38.6 Å². The van der Waals surface area contributed by atoms with Crippen LogP contribution in [0.3, 0.4) is 0 Å². The summed E-state index contributed by atoms with van der Waals surface area (Å²) in [7, 11) is -3.39. The van der Waals surface area contributed by atoms with E-state index in [1.165, 1.54) is 6.20 Å². The first-order valence-corrected chi connectivity index (χ1v) is 9.12. The van der Waals surface area contributed by atoms with Gasteiger partial charge in [-0.05, 0) is 24.8 Å². The highest BCUT2D eigenvalue weighted by Crippen LogP contribution is 2.28. The summed E-state index contributed by atoms with van der Waals surface area (Å²) in [6.45, 7) is 9.96. The van der Waals surface area contributed by atoms with E-state index in [9.17, 15) is 8.42 Å². The molecule has 7 heteroatoms. The molecule has 0 aliphatic carbocycles. The van der Waals surface area contributed by atoms with Crippen molar-refractivity contribution in [3.8, 4) is 0 Å². The Morgan fingerprint density at radius 2 is 2.24 bits per heavy atom. The standard InChI is InChI=1S/C14H26N4O2S/c1-4-15-6-8-17-11-14(9-16-17)21(19,20)18-7-5-13(10-18)12(2)3/h9,11-13,15H,4-8,10H2,1-3H3. The third-order valence-electron chi connectivity index (χ3n) is 4.15. The molecule has 1 atom stereocenters. The van der Waals surface area contributed by atoms with Crippen LogP contribution >= 0.6 is 0 Å². The summed E-state index contributed by atoms with van der Waals surface area (Å²) in [6, 6.07) is 0. The summed E-state index contributed by atoms with van der Waals surface area (Å²) in [4.78, 5) is 0.309. The molecule has 0 amide bonds. The van der Waals surface area contributed by atoms with Crippen LogP contribution in [-0.2, 0) is 16.6 Å². The number of rotatable bonds is 7. The number of hydrogen-bond acceptors (Lipinski definition) is 4. The van der Waals surface area contributed by atoms with Crippen molar-refractivity contribution in [1.82, 2.24) is 19.4 Å². The number of nitrogens with one attached hydrogen (secondary N) is 1. The quantitative estimate of drug-likeness (QED) is 0.767. The molecule has 1 saturated heterocycles. The van der Waals surface area contributed by atoms with Crippen LogP contribution in [0.1, 0.15) is 27.2 Å². The Kier molecular flexibility index (Phi) is 5.40. The normalized spacial score (nSPS) is 20.5. The lowest BCUT2D eigenvalue weighted by Gasteiger charge is -2.17. The molecule has 6 nitrogen and oxygen atoms in total. The van der Waals surface area contributed by atoms with E-state index in [-0.39, 0.29) is 0 Å². The summed E-state index contributed by atoms with van der Waals surface area (Å²) in [5, 5.41) is 7.35. The predicted octanol–water partition coefficient (Wildman–Crippen LogP) is 1.16. The molecule has 1 aliphatic rings. The highest BCUT2D eigenvalue weighted by Gasteiger charge is 2.34. The Labute approximate surface area is 127 Å². The Balaban J connectivity index is 2.03. The zero-order chi connectivity index (χ0) is 15.5. The SMILES string of the molecule is CCNCCn1cc(S(=O)(=O)N2CCC(C(C)C)C2)cn1. The lowest BCUT2D eigenvalue weighted by molar-refractivity contribution is 0.388. The molecule has 1 unspecified atom stereocenters. The van der Waals surface area contributed by atoms with Crippen LogP contribution in [0.4, 0.5) is 0 Å². The van der Waals surface area contributed by atoms with E-state index in [0.29, 0.717) is 36.4 Å². The number of sulfonamides is 1. The fraction of sp³-hybridized carbons (Fsp3) is 0.786. The van der Waals surface area contributed by atoms with Gasteiger partial charge in [-0.25, -0.2) is 8.42 Å². The van der Waals surface area contributed by atoms with Gasteiger partial charge in [0.2, 0.25) is 10.0 Å². The minimum Gasteiger partial charge on any atom is -0.315 e. The molecule has 1 N–H and O–H groups in total. The Hall–Kier alpha value is -0.920. The predicted molar refractivity (Wildman–Crippen MR) is 82.5 cm³/mol. The highest BCUT2D eigenvalue weighted by molar-refractivity contribution is 7.89. The van der Waals surface area contributed by atoms with Gasteiger partial charge in [-0.2, -0.15) is 9.40 Å². The summed E-state index contributed by atoms with van der Waals surface area (Å²) in [6.07, 6.45) is 4.05. The van der Waals surface area contributed by atoms with Gasteiger partial charge in [0.25, 0.3) is 0 Å². The average Bonchev–Trinajstić information content (AvgIpc) is 3.08. The third kappa shape index (κ3) is 3.84. The van der Waals surface area contributed by atoms with Crippen molar-refractivity contribution in [2.24, 2.45) is 11.8 Å². The van der Waals surface area contributed by atoms with Crippen molar-refractivity contribution in [3.63, 3.8) is 0 Å². The van der Waals surface area contributed by atoms with Crippen molar-refractivity contribution in [3.05, 3.63) is 12.4 Å². The maximum absolute atomic E-state index is 12.6. The molecule has 21 heavy (non-hydrogen) atoms. The second-order valence-corrected chi connectivity index (χ2v) is 7.89. The molecule has 2 rings (SSSR count). The molecular formula is C14H26N4O2S. The van der Waals surface area contributed by atoms with Crippen LogP contribution in [0.5, 0.6) is 0 Å². The van der Waals surface area contributed by atoms with Crippen molar-refractivity contribution in [1.29, 1.82) is 0 Å². The summed E-state index contributed by atoms with van der Waals surface area (Å²) >= 11 is 0. The van der Waals surface area contributed by atoms with Gasteiger partial charge in [-0.3, -0.25) is 4.68 Å². The van der Waals surface area contributed by atoms with Gasteiger partial charge in [0.1, 0.15) is 4.90 Å². The molecule has 120 valence electrons. The molecule has 1 aromatic heterocycles. The summed E-state index contributed by atoms with van der Waals surface area (Å²) in [5.74, 6) is 0.983. The van der Waals surface area contributed by atoms with Gasteiger partial charge in [-0.1, -0.05) is 20.8 Å². The van der Waals surface area contributed by atoms with Crippen molar-refractivity contribution in [2.75, 3.05) is 26.2 Å². The van der Waals surface area contributed by atoms with Crippen LogP contribution in [0.15, 0.2) is 17.3 Å². The minimum absolute atomic E-state index is 0.309. The first-order valence-electron chi connectivity index (χ1n) is 7.68. The molecule has 0 radical (unpaired) electrons. The molecule has 0 saturated carbocycles. The maximum atomic E-state index is 12.6. The number of nitrogens with zero attached hydrogens (tertiary/aromatic N) is 3.